The van der Waals surface area contributed by atoms with Gasteiger partial charge in [-0.2, -0.15) is 5.10 Å². The zero-order valence-electron chi connectivity index (χ0n) is 15.2. The topological polar surface area (TPSA) is 73.0 Å². The number of carbonyl (C=O) groups is 1. The number of aryl methyl sites for hydroxylation is 1. The standard InChI is InChI=1S/C18H25FN4O2/c1-11-7-14(25-22-11)9-17(24)20-16-10-15(12-5-6-13(19)8-12)21-23(16)18(2,3)4/h7,10,12-13H,5-6,8-9H2,1-4H3,(H,20,24)/t12-,13+/m1/s1. The Bertz CT molecular complexity index is 759. The number of rotatable bonds is 4. The molecule has 6 nitrogen and oxygen atoms in total. The molecular formula is C18H25FN4O2. The van der Waals surface area contributed by atoms with Crippen molar-refractivity contribution in [1.29, 1.82) is 0 Å². The number of amides is 1. The summed E-state index contributed by atoms with van der Waals surface area (Å²) in [5.41, 5.74) is 1.30. The fraction of sp³-hybridized carbons (Fsp3) is 0.611. The summed E-state index contributed by atoms with van der Waals surface area (Å²) in [5.74, 6) is 1.08. The Hall–Kier alpha value is -2.18. The highest BCUT2D eigenvalue weighted by molar-refractivity contribution is 5.91. The molecule has 25 heavy (non-hydrogen) atoms. The lowest BCUT2D eigenvalue weighted by atomic mass is 10.0. The van der Waals surface area contributed by atoms with E-state index in [0.29, 0.717) is 24.4 Å². The second-order valence-corrected chi connectivity index (χ2v) is 7.80. The van der Waals surface area contributed by atoms with Crippen LogP contribution in [0.2, 0.25) is 0 Å². The molecule has 1 fully saturated rings. The van der Waals surface area contributed by atoms with Crippen LogP contribution < -0.4 is 5.32 Å². The van der Waals surface area contributed by atoms with Gasteiger partial charge < -0.3 is 9.84 Å². The Kier molecular flexibility index (Phi) is 4.67. The van der Waals surface area contributed by atoms with Gasteiger partial charge in [0.05, 0.1) is 23.3 Å². The molecule has 0 saturated heterocycles. The smallest absolute Gasteiger partial charge is 0.233 e. The quantitative estimate of drug-likeness (QED) is 0.914. The summed E-state index contributed by atoms with van der Waals surface area (Å²) in [6.07, 6.45) is 1.25. The molecule has 2 heterocycles. The Balaban J connectivity index is 1.79. The SMILES string of the molecule is Cc1cc(CC(=O)Nc2cc([C@@H]3CC[C@H](F)C3)nn2C(C)(C)C)on1. The molecule has 2 aromatic heterocycles. The lowest BCUT2D eigenvalue weighted by Crippen LogP contribution is -2.27. The normalized spacial score (nSPS) is 20.8. The Morgan fingerprint density at radius 2 is 2.16 bits per heavy atom. The molecule has 0 aliphatic heterocycles. The monoisotopic (exact) mass is 348 g/mol. The van der Waals surface area contributed by atoms with Crippen molar-refractivity contribution in [2.24, 2.45) is 0 Å². The third-order valence-corrected chi connectivity index (χ3v) is 4.43. The number of nitrogens with zero attached hydrogens (tertiary/aromatic N) is 3. The summed E-state index contributed by atoms with van der Waals surface area (Å²) < 4.78 is 20.4. The molecule has 0 spiro atoms. The van der Waals surface area contributed by atoms with Crippen LogP contribution in [0.15, 0.2) is 16.7 Å². The molecule has 136 valence electrons. The van der Waals surface area contributed by atoms with Crippen LogP contribution in [0.5, 0.6) is 0 Å². The number of hydrogen-bond donors (Lipinski definition) is 1. The number of halogens is 1. The van der Waals surface area contributed by atoms with Crippen molar-refractivity contribution in [2.45, 2.75) is 71.0 Å². The predicted molar refractivity (Wildman–Crippen MR) is 92.3 cm³/mol. The van der Waals surface area contributed by atoms with Gasteiger partial charge in [-0.3, -0.25) is 4.79 Å². The van der Waals surface area contributed by atoms with Gasteiger partial charge in [-0.25, -0.2) is 9.07 Å². The fourth-order valence-corrected chi connectivity index (χ4v) is 3.24. The highest BCUT2D eigenvalue weighted by Crippen LogP contribution is 2.37. The molecule has 2 atom stereocenters. The first-order valence-electron chi connectivity index (χ1n) is 8.69. The lowest BCUT2D eigenvalue weighted by Gasteiger charge is -2.22. The van der Waals surface area contributed by atoms with E-state index in [-0.39, 0.29) is 23.8 Å². The number of carbonyl (C=O) groups excluding carboxylic acids is 1. The van der Waals surface area contributed by atoms with E-state index in [1.165, 1.54) is 0 Å². The van der Waals surface area contributed by atoms with E-state index in [1.54, 1.807) is 10.7 Å². The van der Waals surface area contributed by atoms with Gasteiger partial charge in [0.15, 0.2) is 0 Å². The molecular weight excluding hydrogens is 323 g/mol. The Morgan fingerprint density at radius 3 is 2.72 bits per heavy atom. The summed E-state index contributed by atoms with van der Waals surface area (Å²) >= 11 is 0. The number of nitrogens with one attached hydrogen (secondary N) is 1. The predicted octanol–water partition coefficient (Wildman–Crippen LogP) is 3.72. The van der Waals surface area contributed by atoms with Crippen LogP contribution in [0, 0.1) is 6.92 Å². The number of aromatic nitrogens is 3. The second kappa shape index (κ2) is 6.61. The van der Waals surface area contributed by atoms with Crippen LogP contribution in [0.3, 0.4) is 0 Å². The Morgan fingerprint density at radius 1 is 1.40 bits per heavy atom. The van der Waals surface area contributed by atoms with Gasteiger partial charge in [0.25, 0.3) is 0 Å². The van der Waals surface area contributed by atoms with Crippen LogP contribution >= 0.6 is 0 Å². The lowest BCUT2D eigenvalue weighted by molar-refractivity contribution is -0.115. The minimum Gasteiger partial charge on any atom is -0.361 e. The van der Waals surface area contributed by atoms with Crippen LogP contribution in [0.1, 0.15) is 63.1 Å². The number of anilines is 1. The molecule has 1 aliphatic carbocycles. The van der Waals surface area contributed by atoms with Gasteiger partial charge in [0, 0.05) is 18.1 Å². The van der Waals surface area contributed by atoms with Gasteiger partial charge >= 0.3 is 0 Å². The molecule has 1 aliphatic rings. The summed E-state index contributed by atoms with van der Waals surface area (Å²) in [4.78, 5) is 12.4. The van der Waals surface area contributed by atoms with E-state index in [1.807, 2.05) is 33.8 Å². The van der Waals surface area contributed by atoms with Gasteiger partial charge in [-0.05, 0) is 47.0 Å². The molecule has 1 saturated carbocycles. The first-order valence-corrected chi connectivity index (χ1v) is 8.69. The summed E-state index contributed by atoms with van der Waals surface area (Å²) in [6.45, 7) is 7.87. The molecule has 2 aromatic rings. The van der Waals surface area contributed by atoms with Crippen molar-refractivity contribution in [1.82, 2.24) is 14.9 Å². The molecule has 7 heteroatoms. The summed E-state index contributed by atoms with van der Waals surface area (Å²) in [6, 6.07) is 3.61. The van der Waals surface area contributed by atoms with Crippen LogP contribution in [0.4, 0.5) is 10.2 Å². The van der Waals surface area contributed by atoms with Crippen molar-refractivity contribution in [3.63, 3.8) is 0 Å². The van der Waals surface area contributed by atoms with Crippen molar-refractivity contribution in [3.8, 4) is 0 Å². The minimum atomic E-state index is -0.752. The van der Waals surface area contributed by atoms with E-state index < -0.39 is 6.17 Å². The third-order valence-electron chi connectivity index (χ3n) is 4.43. The average Bonchev–Trinajstić information content (AvgIpc) is 3.19. The first kappa shape index (κ1) is 17.6. The van der Waals surface area contributed by atoms with Crippen molar-refractivity contribution < 1.29 is 13.7 Å². The van der Waals surface area contributed by atoms with Gasteiger partial charge in [-0.15, -0.1) is 0 Å². The third kappa shape index (κ3) is 4.08. The van der Waals surface area contributed by atoms with Crippen molar-refractivity contribution >= 4 is 11.7 Å². The highest BCUT2D eigenvalue weighted by atomic mass is 19.1. The van der Waals surface area contributed by atoms with E-state index in [4.69, 9.17) is 4.52 Å². The molecule has 1 amide bonds. The molecule has 0 radical (unpaired) electrons. The first-order chi connectivity index (χ1) is 11.7. The van der Waals surface area contributed by atoms with Crippen LogP contribution in [0.25, 0.3) is 0 Å². The van der Waals surface area contributed by atoms with E-state index in [9.17, 15) is 9.18 Å². The summed E-state index contributed by atoms with van der Waals surface area (Å²) in [7, 11) is 0. The molecule has 0 bridgehead atoms. The highest BCUT2D eigenvalue weighted by Gasteiger charge is 2.30. The maximum Gasteiger partial charge on any atom is 0.233 e. The van der Waals surface area contributed by atoms with Gasteiger partial charge in [-0.1, -0.05) is 5.16 Å². The van der Waals surface area contributed by atoms with Crippen molar-refractivity contribution in [3.05, 3.63) is 29.3 Å². The summed E-state index contributed by atoms with van der Waals surface area (Å²) in [5, 5.41) is 11.4. The zero-order valence-corrected chi connectivity index (χ0v) is 15.2. The van der Waals surface area contributed by atoms with Crippen molar-refractivity contribution in [2.75, 3.05) is 5.32 Å². The molecule has 1 N–H and O–H groups in total. The number of hydrogen-bond acceptors (Lipinski definition) is 4. The zero-order chi connectivity index (χ0) is 18.2. The maximum atomic E-state index is 13.5. The average molecular weight is 348 g/mol. The minimum absolute atomic E-state index is 0.113. The Labute approximate surface area is 146 Å². The largest absolute Gasteiger partial charge is 0.361 e. The van der Waals surface area contributed by atoms with E-state index in [0.717, 1.165) is 17.8 Å². The molecule has 0 unspecified atom stereocenters. The van der Waals surface area contributed by atoms with E-state index >= 15 is 0 Å². The second-order valence-electron chi connectivity index (χ2n) is 7.80. The maximum absolute atomic E-state index is 13.5. The van der Waals surface area contributed by atoms with Crippen LogP contribution in [-0.2, 0) is 16.8 Å². The fourth-order valence-electron chi connectivity index (χ4n) is 3.24. The van der Waals surface area contributed by atoms with Gasteiger partial charge in [0.1, 0.15) is 17.7 Å². The van der Waals surface area contributed by atoms with E-state index in [2.05, 4.69) is 15.6 Å². The molecule has 0 aromatic carbocycles. The number of alkyl halides is 1. The van der Waals surface area contributed by atoms with Crippen LogP contribution in [-0.4, -0.2) is 27.0 Å². The van der Waals surface area contributed by atoms with Gasteiger partial charge in [0.2, 0.25) is 5.91 Å². The molecule has 3 rings (SSSR count).